The number of halogens is 3. The van der Waals surface area contributed by atoms with Gasteiger partial charge in [-0.1, -0.05) is 6.92 Å². The molecule has 0 aromatic heterocycles. The average molecular weight is 290 g/mol. The van der Waals surface area contributed by atoms with Crippen LogP contribution in [0.4, 0.5) is 24.5 Å². The zero-order valence-corrected chi connectivity index (χ0v) is 10.6. The maximum absolute atomic E-state index is 13.0. The first-order valence-electron chi connectivity index (χ1n) is 5.99. The highest BCUT2D eigenvalue weighted by Gasteiger charge is 2.44. The van der Waals surface area contributed by atoms with E-state index in [-0.39, 0.29) is 18.8 Å². The number of benzene rings is 1. The summed E-state index contributed by atoms with van der Waals surface area (Å²) in [6.45, 7) is 1.92. The number of aliphatic hydroxyl groups is 1. The topological polar surface area (TPSA) is 66.6 Å². The first-order chi connectivity index (χ1) is 9.16. The minimum atomic E-state index is -4.68. The normalized spacial score (nSPS) is 17.8. The first kappa shape index (κ1) is 14.6. The van der Waals surface area contributed by atoms with Crippen molar-refractivity contribution in [1.82, 2.24) is 0 Å². The monoisotopic (exact) mass is 290 g/mol. The van der Waals surface area contributed by atoms with Gasteiger partial charge in [-0.25, -0.2) is 0 Å². The highest BCUT2D eigenvalue weighted by Crippen LogP contribution is 2.41. The quantitative estimate of drug-likeness (QED) is 0.686. The number of hydrogen-bond donors (Lipinski definition) is 1. The Morgan fingerprint density at radius 1 is 1.45 bits per heavy atom. The van der Waals surface area contributed by atoms with Gasteiger partial charge in [-0.05, 0) is 12.5 Å². The average Bonchev–Trinajstić information content (AvgIpc) is 2.33. The molecular weight excluding hydrogens is 277 g/mol. The Morgan fingerprint density at radius 2 is 2.05 bits per heavy atom. The summed E-state index contributed by atoms with van der Waals surface area (Å²) in [5.74, 6) is 0. The van der Waals surface area contributed by atoms with Crippen molar-refractivity contribution < 1.29 is 23.2 Å². The second-order valence-corrected chi connectivity index (χ2v) is 4.89. The molecule has 1 N–H and O–H groups in total. The number of nitrogens with zero attached hydrogens (tertiary/aromatic N) is 2. The van der Waals surface area contributed by atoms with Gasteiger partial charge in [0.1, 0.15) is 0 Å². The molecular formula is C12H13F3N2O3. The summed E-state index contributed by atoms with van der Waals surface area (Å²) in [5.41, 5.74) is -2.77. The van der Waals surface area contributed by atoms with E-state index >= 15 is 0 Å². The van der Waals surface area contributed by atoms with E-state index in [2.05, 4.69) is 0 Å². The standard InChI is InChI=1S/C12H13F3N2O3/c1-2-11(18)6-16(7-11)10-4-3-8(17(19)20)5-9(10)12(13,14)15/h3-5,18H,2,6-7H2,1H3. The molecule has 1 fully saturated rings. The molecule has 0 amide bonds. The van der Waals surface area contributed by atoms with Crippen molar-refractivity contribution in [2.24, 2.45) is 0 Å². The van der Waals surface area contributed by atoms with Crippen molar-refractivity contribution in [3.05, 3.63) is 33.9 Å². The fourth-order valence-corrected chi connectivity index (χ4v) is 2.20. The number of nitro groups is 1. The molecule has 0 radical (unpaired) electrons. The molecule has 0 atom stereocenters. The van der Waals surface area contributed by atoms with Crippen molar-refractivity contribution in [2.45, 2.75) is 25.1 Å². The molecule has 8 heteroatoms. The Bertz CT molecular complexity index is 539. The second kappa shape index (κ2) is 4.62. The number of anilines is 1. The van der Waals surface area contributed by atoms with Crippen LogP contribution in [0.5, 0.6) is 0 Å². The number of β-amino-alcohol motifs (C(OH)–C–C–N with tert-alkyl or cyclic N) is 1. The molecule has 5 nitrogen and oxygen atoms in total. The Labute approximate surface area is 112 Å². The van der Waals surface area contributed by atoms with Crippen molar-refractivity contribution in [1.29, 1.82) is 0 Å². The van der Waals surface area contributed by atoms with E-state index in [0.29, 0.717) is 12.5 Å². The molecule has 0 spiro atoms. The van der Waals surface area contributed by atoms with Gasteiger partial charge in [-0.15, -0.1) is 0 Å². The number of rotatable bonds is 3. The number of non-ortho nitro benzene ring substituents is 1. The Hall–Kier alpha value is -1.83. The van der Waals surface area contributed by atoms with Gasteiger partial charge in [0.05, 0.1) is 16.1 Å². The fourth-order valence-electron chi connectivity index (χ4n) is 2.20. The number of nitro benzene ring substituents is 1. The maximum atomic E-state index is 13.0. The van der Waals surface area contributed by atoms with Gasteiger partial charge in [0.25, 0.3) is 5.69 Å². The SMILES string of the molecule is CCC1(O)CN(c2ccc([N+](=O)[O-])cc2C(F)(F)F)C1. The van der Waals surface area contributed by atoms with Crippen LogP contribution in [0.2, 0.25) is 0 Å². The molecule has 1 aromatic rings. The van der Waals surface area contributed by atoms with Crippen molar-refractivity contribution in [3.8, 4) is 0 Å². The number of alkyl halides is 3. The summed E-state index contributed by atoms with van der Waals surface area (Å²) >= 11 is 0. The van der Waals surface area contributed by atoms with Crippen LogP contribution in [0.15, 0.2) is 18.2 Å². The van der Waals surface area contributed by atoms with Crippen LogP contribution in [-0.2, 0) is 6.18 Å². The Balaban J connectivity index is 2.37. The molecule has 110 valence electrons. The van der Waals surface area contributed by atoms with Gasteiger partial charge >= 0.3 is 6.18 Å². The smallest absolute Gasteiger partial charge is 0.386 e. The van der Waals surface area contributed by atoms with Gasteiger partial charge in [0.2, 0.25) is 0 Å². The molecule has 0 unspecified atom stereocenters. The third-order valence-corrected chi connectivity index (χ3v) is 3.47. The lowest BCUT2D eigenvalue weighted by atomic mass is 9.90. The van der Waals surface area contributed by atoms with E-state index in [9.17, 15) is 28.4 Å². The lowest BCUT2D eigenvalue weighted by molar-refractivity contribution is -0.385. The van der Waals surface area contributed by atoms with Gasteiger partial charge in [0, 0.05) is 30.9 Å². The highest BCUT2D eigenvalue weighted by molar-refractivity contribution is 5.61. The minimum absolute atomic E-state index is 0.0877. The van der Waals surface area contributed by atoms with E-state index in [1.807, 2.05) is 0 Å². The molecule has 1 aromatic carbocycles. The van der Waals surface area contributed by atoms with Gasteiger partial charge < -0.3 is 10.0 Å². The zero-order chi connectivity index (χ0) is 15.1. The van der Waals surface area contributed by atoms with Crippen LogP contribution in [-0.4, -0.2) is 28.7 Å². The van der Waals surface area contributed by atoms with Crippen LogP contribution in [0.1, 0.15) is 18.9 Å². The third kappa shape index (κ3) is 2.55. The second-order valence-electron chi connectivity index (χ2n) is 4.89. The summed E-state index contributed by atoms with van der Waals surface area (Å²) in [6, 6.07) is 2.64. The van der Waals surface area contributed by atoms with Gasteiger partial charge in [0.15, 0.2) is 0 Å². The lowest BCUT2D eigenvalue weighted by Crippen LogP contribution is -2.62. The Kier molecular flexibility index (Phi) is 3.37. The summed E-state index contributed by atoms with van der Waals surface area (Å²) < 4.78 is 38.9. The molecule has 0 aliphatic carbocycles. The fraction of sp³-hybridized carbons (Fsp3) is 0.500. The van der Waals surface area contributed by atoms with Crippen LogP contribution < -0.4 is 4.90 Å². The summed E-state index contributed by atoms with van der Waals surface area (Å²) in [7, 11) is 0. The molecule has 2 rings (SSSR count). The molecule has 1 saturated heterocycles. The van der Waals surface area contributed by atoms with Crippen LogP contribution in [0, 0.1) is 10.1 Å². The Morgan fingerprint density at radius 3 is 2.50 bits per heavy atom. The lowest BCUT2D eigenvalue weighted by Gasteiger charge is -2.48. The molecule has 0 bridgehead atoms. The van der Waals surface area contributed by atoms with E-state index < -0.39 is 28.0 Å². The van der Waals surface area contributed by atoms with Crippen molar-refractivity contribution in [3.63, 3.8) is 0 Å². The van der Waals surface area contributed by atoms with E-state index in [1.165, 1.54) is 4.90 Å². The van der Waals surface area contributed by atoms with Gasteiger partial charge in [-0.2, -0.15) is 13.2 Å². The van der Waals surface area contributed by atoms with Gasteiger partial charge in [-0.3, -0.25) is 10.1 Å². The van der Waals surface area contributed by atoms with E-state index in [1.54, 1.807) is 6.92 Å². The third-order valence-electron chi connectivity index (χ3n) is 3.47. The van der Waals surface area contributed by atoms with Crippen LogP contribution in [0.3, 0.4) is 0 Å². The summed E-state index contributed by atoms with van der Waals surface area (Å²) in [5, 5.41) is 20.4. The highest BCUT2D eigenvalue weighted by atomic mass is 19.4. The van der Waals surface area contributed by atoms with Crippen LogP contribution in [0.25, 0.3) is 0 Å². The molecule has 1 heterocycles. The summed E-state index contributed by atoms with van der Waals surface area (Å²) in [6.07, 6.45) is -4.24. The molecule has 20 heavy (non-hydrogen) atoms. The molecule has 0 saturated carbocycles. The zero-order valence-electron chi connectivity index (χ0n) is 10.6. The van der Waals surface area contributed by atoms with Crippen LogP contribution >= 0.6 is 0 Å². The van der Waals surface area contributed by atoms with E-state index in [0.717, 1.165) is 12.1 Å². The van der Waals surface area contributed by atoms with Crippen molar-refractivity contribution in [2.75, 3.05) is 18.0 Å². The summed E-state index contributed by atoms with van der Waals surface area (Å²) in [4.78, 5) is 11.1. The molecule has 1 aliphatic heterocycles. The molecule has 1 aliphatic rings. The predicted molar refractivity (Wildman–Crippen MR) is 65.6 cm³/mol. The maximum Gasteiger partial charge on any atom is 0.418 e. The predicted octanol–water partition coefficient (Wildman–Crippen LogP) is 2.57. The largest absolute Gasteiger partial charge is 0.418 e. The van der Waals surface area contributed by atoms with E-state index in [4.69, 9.17) is 0 Å². The minimum Gasteiger partial charge on any atom is -0.386 e. The van der Waals surface area contributed by atoms with Crippen molar-refractivity contribution >= 4 is 11.4 Å². The first-order valence-corrected chi connectivity index (χ1v) is 5.99. The number of hydrogen-bond acceptors (Lipinski definition) is 4.